The van der Waals surface area contributed by atoms with E-state index in [-0.39, 0.29) is 0 Å². The van der Waals surface area contributed by atoms with Gasteiger partial charge in [0.05, 0.1) is 10.7 Å². The standard InChI is InChI=1S/C14H22ClN3S/c1-10(2)18(3)8-4-7-17-13-6-5-11(14(16)19)9-12(13)15/h5-6,9-10,17H,4,7-8H2,1-3H3,(H2,16,19). The van der Waals surface area contributed by atoms with Crippen LogP contribution in [0.15, 0.2) is 18.2 Å². The van der Waals surface area contributed by atoms with E-state index in [0.717, 1.165) is 30.8 Å². The van der Waals surface area contributed by atoms with Crippen molar-refractivity contribution in [3.05, 3.63) is 28.8 Å². The Bertz CT molecular complexity index is 435. The molecular formula is C14H22ClN3S. The first kappa shape index (κ1) is 16.2. The van der Waals surface area contributed by atoms with Crippen LogP contribution in [0.4, 0.5) is 5.69 Å². The molecule has 0 radical (unpaired) electrons. The summed E-state index contributed by atoms with van der Waals surface area (Å²) in [5.74, 6) is 0. The van der Waals surface area contributed by atoms with Crippen molar-refractivity contribution < 1.29 is 0 Å². The summed E-state index contributed by atoms with van der Waals surface area (Å²) in [5.41, 5.74) is 7.28. The van der Waals surface area contributed by atoms with Crippen molar-refractivity contribution in [1.82, 2.24) is 4.90 Å². The second-order valence-electron chi connectivity index (χ2n) is 4.91. The Kier molecular flexibility index (Phi) is 6.55. The van der Waals surface area contributed by atoms with Crippen molar-refractivity contribution in [3.8, 4) is 0 Å². The minimum absolute atomic E-state index is 0.368. The molecule has 0 aromatic heterocycles. The maximum absolute atomic E-state index is 6.18. The van der Waals surface area contributed by atoms with Gasteiger partial charge in [-0.1, -0.05) is 23.8 Å². The summed E-state index contributed by atoms with van der Waals surface area (Å²) in [6.45, 7) is 6.34. The van der Waals surface area contributed by atoms with Crippen LogP contribution in [0.5, 0.6) is 0 Å². The number of hydrogen-bond acceptors (Lipinski definition) is 3. The molecule has 1 aromatic rings. The lowest BCUT2D eigenvalue weighted by Gasteiger charge is -2.21. The average molecular weight is 300 g/mol. The lowest BCUT2D eigenvalue weighted by atomic mass is 10.2. The van der Waals surface area contributed by atoms with E-state index in [1.807, 2.05) is 12.1 Å². The van der Waals surface area contributed by atoms with Gasteiger partial charge in [0.25, 0.3) is 0 Å². The Morgan fingerprint density at radius 3 is 2.68 bits per heavy atom. The molecule has 0 amide bonds. The van der Waals surface area contributed by atoms with Gasteiger partial charge >= 0.3 is 0 Å². The average Bonchev–Trinajstić information content (AvgIpc) is 2.35. The molecule has 0 aliphatic heterocycles. The van der Waals surface area contributed by atoms with Crippen LogP contribution >= 0.6 is 23.8 Å². The van der Waals surface area contributed by atoms with Crippen molar-refractivity contribution >= 4 is 34.5 Å². The molecule has 0 bridgehead atoms. The molecule has 0 fully saturated rings. The molecule has 19 heavy (non-hydrogen) atoms. The van der Waals surface area contributed by atoms with Crippen LogP contribution < -0.4 is 11.1 Å². The second kappa shape index (κ2) is 7.68. The zero-order valence-electron chi connectivity index (χ0n) is 11.7. The van der Waals surface area contributed by atoms with E-state index in [4.69, 9.17) is 29.6 Å². The number of thiocarbonyl (C=S) groups is 1. The lowest BCUT2D eigenvalue weighted by Crippen LogP contribution is -2.28. The van der Waals surface area contributed by atoms with E-state index < -0.39 is 0 Å². The highest BCUT2D eigenvalue weighted by molar-refractivity contribution is 7.80. The van der Waals surface area contributed by atoms with Crippen LogP contribution in [-0.2, 0) is 0 Å². The highest BCUT2D eigenvalue weighted by atomic mass is 35.5. The first-order chi connectivity index (χ1) is 8.91. The van der Waals surface area contributed by atoms with Gasteiger partial charge in [0.15, 0.2) is 0 Å². The van der Waals surface area contributed by atoms with Crippen molar-refractivity contribution in [2.45, 2.75) is 26.3 Å². The fourth-order valence-corrected chi connectivity index (χ4v) is 2.00. The fraction of sp³-hybridized carbons (Fsp3) is 0.500. The quantitative estimate of drug-likeness (QED) is 0.599. The predicted octanol–water partition coefficient (Wildman–Crippen LogP) is 3.12. The highest BCUT2D eigenvalue weighted by Crippen LogP contribution is 2.22. The van der Waals surface area contributed by atoms with Crippen LogP contribution in [0.3, 0.4) is 0 Å². The number of halogens is 1. The molecule has 1 rings (SSSR count). The topological polar surface area (TPSA) is 41.3 Å². The van der Waals surface area contributed by atoms with Crippen LogP contribution in [0.2, 0.25) is 5.02 Å². The molecular weight excluding hydrogens is 278 g/mol. The van der Waals surface area contributed by atoms with E-state index >= 15 is 0 Å². The monoisotopic (exact) mass is 299 g/mol. The maximum atomic E-state index is 6.18. The summed E-state index contributed by atoms with van der Waals surface area (Å²) in [4.78, 5) is 2.69. The largest absolute Gasteiger partial charge is 0.389 e. The Balaban J connectivity index is 2.44. The zero-order chi connectivity index (χ0) is 14.4. The maximum Gasteiger partial charge on any atom is 0.104 e. The fourth-order valence-electron chi connectivity index (χ4n) is 1.62. The second-order valence-corrected chi connectivity index (χ2v) is 5.76. The van der Waals surface area contributed by atoms with Crippen LogP contribution in [-0.4, -0.2) is 36.1 Å². The van der Waals surface area contributed by atoms with Gasteiger partial charge in [0, 0.05) is 18.2 Å². The third-order valence-corrected chi connectivity index (χ3v) is 3.69. The molecule has 0 atom stereocenters. The summed E-state index contributed by atoms with van der Waals surface area (Å²) < 4.78 is 0. The molecule has 5 heteroatoms. The van der Waals surface area contributed by atoms with E-state index in [1.54, 1.807) is 6.07 Å². The van der Waals surface area contributed by atoms with Gasteiger partial charge in [0.2, 0.25) is 0 Å². The number of nitrogens with zero attached hydrogens (tertiary/aromatic N) is 1. The number of anilines is 1. The molecule has 0 unspecified atom stereocenters. The number of rotatable bonds is 7. The van der Waals surface area contributed by atoms with E-state index in [0.29, 0.717) is 16.1 Å². The molecule has 0 aliphatic carbocycles. The highest BCUT2D eigenvalue weighted by Gasteiger charge is 2.04. The van der Waals surface area contributed by atoms with Gasteiger partial charge in [-0.05, 0) is 52.1 Å². The smallest absolute Gasteiger partial charge is 0.104 e. The molecule has 0 saturated carbocycles. The summed E-state index contributed by atoms with van der Waals surface area (Å²) in [7, 11) is 2.13. The first-order valence-corrected chi connectivity index (χ1v) is 7.24. The number of hydrogen-bond donors (Lipinski definition) is 2. The van der Waals surface area contributed by atoms with E-state index in [2.05, 4.69) is 31.1 Å². The van der Waals surface area contributed by atoms with Gasteiger partial charge in [-0.25, -0.2) is 0 Å². The van der Waals surface area contributed by atoms with Crippen molar-refractivity contribution in [2.24, 2.45) is 5.73 Å². The summed E-state index contributed by atoms with van der Waals surface area (Å²) >= 11 is 11.1. The van der Waals surface area contributed by atoms with E-state index in [1.165, 1.54) is 0 Å². The molecule has 0 aliphatic rings. The van der Waals surface area contributed by atoms with Crippen LogP contribution in [0.1, 0.15) is 25.8 Å². The zero-order valence-corrected chi connectivity index (χ0v) is 13.3. The molecule has 0 heterocycles. The SMILES string of the molecule is CC(C)N(C)CCCNc1ccc(C(N)=S)cc1Cl. The summed E-state index contributed by atoms with van der Waals surface area (Å²) in [5, 5.41) is 3.99. The first-order valence-electron chi connectivity index (χ1n) is 6.45. The van der Waals surface area contributed by atoms with Crippen LogP contribution in [0, 0.1) is 0 Å². The molecule has 106 valence electrons. The van der Waals surface area contributed by atoms with Gasteiger partial charge in [-0.15, -0.1) is 0 Å². The lowest BCUT2D eigenvalue weighted by molar-refractivity contribution is 0.273. The van der Waals surface area contributed by atoms with Gasteiger partial charge < -0.3 is 16.0 Å². The Morgan fingerprint density at radius 1 is 1.47 bits per heavy atom. The van der Waals surface area contributed by atoms with Gasteiger partial charge in [-0.2, -0.15) is 0 Å². The number of benzene rings is 1. The Hall–Kier alpha value is -0.840. The minimum atomic E-state index is 0.368. The normalized spacial score (nSPS) is 11.1. The third kappa shape index (κ3) is 5.35. The molecule has 1 aromatic carbocycles. The number of nitrogens with one attached hydrogen (secondary N) is 1. The van der Waals surface area contributed by atoms with Crippen molar-refractivity contribution in [2.75, 3.05) is 25.5 Å². The third-order valence-electron chi connectivity index (χ3n) is 3.14. The summed E-state index contributed by atoms with van der Waals surface area (Å²) in [6.07, 6.45) is 1.07. The van der Waals surface area contributed by atoms with Crippen LogP contribution in [0.25, 0.3) is 0 Å². The predicted molar refractivity (Wildman–Crippen MR) is 88.2 cm³/mol. The van der Waals surface area contributed by atoms with Crippen molar-refractivity contribution in [1.29, 1.82) is 0 Å². The molecule has 3 N–H and O–H groups in total. The minimum Gasteiger partial charge on any atom is -0.389 e. The van der Waals surface area contributed by atoms with Gasteiger partial charge in [-0.3, -0.25) is 0 Å². The van der Waals surface area contributed by atoms with Gasteiger partial charge in [0.1, 0.15) is 4.99 Å². The molecule has 0 saturated heterocycles. The summed E-state index contributed by atoms with van der Waals surface area (Å²) in [6, 6.07) is 6.18. The Morgan fingerprint density at radius 2 is 2.16 bits per heavy atom. The molecule has 3 nitrogen and oxygen atoms in total. The number of nitrogens with two attached hydrogens (primary N) is 1. The Labute approximate surface area is 126 Å². The van der Waals surface area contributed by atoms with Crippen molar-refractivity contribution in [3.63, 3.8) is 0 Å². The van der Waals surface area contributed by atoms with E-state index in [9.17, 15) is 0 Å². The molecule has 0 spiro atoms.